The number of aromatic nitrogens is 2. The molecule has 43 heavy (non-hydrogen) atoms. The Balaban J connectivity index is 1.38. The third-order valence-corrected chi connectivity index (χ3v) is 13.7. The molecule has 0 saturated heterocycles. The van der Waals surface area contributed by atoms with Crippen molar-refractivity contribution in [1.82, 2.24) is 9.38 Å². The highest BCUT2D eigenvalue weighted by Gasteiger charge is 2.27. The second-order valence-electron chi connectivity index (χ2n) is 11.2. The van der Waals surface area contributed by atoms with Crippen molar-refractivity contribution in [3.8, 4) is 0 Å². The Labute approximate surface area is 253 Å². The molecule has 0 amide bonds. The maximum Gasteiger partial charge on any atom is 0.146 e. The number of para-hydroxylation sites is 1. The largest absolute Gasteiger partial charge is 0.292 e. The molecule has 0 N–H and O–H groups in total. The van der Waals surface area contributed by atoms with Gasteiger partial charge in [0.15, 0.2) is 0 Å². The first kappa shape index (κ1) is 24.7. The number of hydrogen-bond donors (Lipinski definition) is 0. The van der Waals surface area contributed by atoms with Crippen molar-refractivity contribution >= 4 is 93.7 Å². The molecule has 0 bridgehead atoms. The standard InChI is InChI=1S/C39H25N2PS/c43-42(30-19-17-26-9-1-3-11-28(26)23-30,31-20-18-27-10-2-4-12-29(27)24-31)32-21-22-36-38(25-32)41-37-16-8-7-14-34(37)33-13-5-6-15-35(33)39(41)40-36/h1-25H. The van der Waals surface area contributed by atoms with Crippen LogP contribution in [0.4, 0.5) is 0 Å². The van der Waals surface area contributed by atoms with Crippen molar-refractivity contribution in [1.29, 1.82) is 0 Å². The van der Waals surface area contributed by atoms with Gasteiger partial charge in [-0.1, -0.05) is 133 Å². The normalized spacial score (nSPS) is 12.3. The van der Waals surface area contributed by atoms with E-state index in [1.807, 2.05) is 0 Å². The van der Waals surface area contributed by atoms with Crippen LogP contribution >= 0.6 is 6.04 Å². The average Bonchev–Trinajstić information content (AvgIpc) is 3.47. The summed E-state index contributed by atoms with van der Waals surface area (Å²) in [5.41, 5.74) is 4.20. The third kappa shape index (κ3) is 3.66. The van der Waals surface area contributed by atoms with Crippen LogP contribution in [-0.4, -0.2) is 9.38 Å². The minimum Gasteiger partial charge on any atom is -0.292 e. The fraction of sp³-hybridized carbons (Fsp3) is 0. The Kier molecular flexibility index (Phi) is 5.38. The number of pyridine rings is 1. The van der Waals surface area contributed by atoms with E-state index in [1.165, 1.54) is 48.2 Å². The van der Waals surface area contributed by atoms with Gasteiger partial charge in [-0.25, -0.2) is 4.98 Å². The maximum absolute atomic E-state index is 6.94. The molecule has 4 heteroatoms. The zero-order valence-corrected chi connectivity index (χ0v) is 24.9. The average molecular weight is 585 g/mol. The van der Waals surface area contributed by atoms with Crippen LogP contribution in [0.3, 0.4) is 0 Å². The van der Waals surface area contributed by atoms with Gasteiger partial charge in [-0.3, -0.25) is 4.40 Å². The number of imidazole rings is 1. The molecule has 9 rings (SSSR count). The van der Waals surface area contributed by atoms with Gasteiger partial charge in [0.25, 0.3) is 0 Å². The first-order valence-electron chi connectivity index (χ1n) is 14.5. The fourth-order valence-electron chi connectivity index (χ4n) is 6.69. The summed E-state index contributed by atoms with van der Waals surface area (Å²) in [5, 5.41) is 12.0. The summed E-state index contributed by atoms with van der Waals surface area (Å²) >= 11 is 6.94. The quantitative estimate of drug-likeness (QED) is 0.152. The summed E-state index contributed by atoms with van der Waals surface area (Å²) < 4.78 is 2.33. The second kappa shape index (κ2) is 9.34. The lowest BCUT2D eigenvalue weighted by Crippen LogP contribution is -2.25. The number of benzene rings is 7. The molecule has 0 saturated carbocycles. The molecular weight excluding hydrogens is 559 g/mol. The van der Waals surface area contributed by atoms with Crippen LogP contribution in [-0.2, 0) is 11.8 Å². The van der Waals surface area contributed by atoms with E-state index < -0.39 is 6.04 Å². The lowest BCUT2D eigenvalue weighted by Gasteiger charge is -2.25. The molecule has 0 atom stereocenters. The van der Waals surface area contributed by atoms with E-state index in [1.54, 1.807) is 0 Å². The Morgan fingerprint density at radius 3 is 1.63 bits per heavy atom. The predicted molar refractivity (Wildman–Crippen MR) is 189 cm³/mol. The number of rotatable bonds is 3. The van der Waals surface area contributed by atoms with E-state index in [2.05, 4.69) is 156 Å². The van der Waals surface area contributed by atoms with Crippen LogP contribution in [0.25, 0.3) is 59.9 Å². The highest BCUT2D eigenvalue weighted by molar-refractivity contribution is 8.25. The highest BCUT2D eigenvalue weighted by atomic mass is 32.4. The minimum absolute atomic E-state index is 0.976. The van der Waals surface area contributed by atoms with Crippen molar-refractivity contribution in [2.24, 2.45) is 0 Å². The highest BCUT2D eigenvalue weighted by Crippen LogP contribution is 2.45. The molecule has 0 aliphatic rings. The molecule has 7 aromatic carbocycles. The van der Waals surface area contributed by atoms with Crippen molar-refractivity contribution in [2.75, 3.05) is 0 Å². The Morgan fingerprint density at radius 2 is 0.953 bits per heavy atom. The van der Waals surface area contributed by atoms with Crippen LogP contribution in [0, 0.1) is 0 Å². The third-order valence-electron chi connectivity index (χ3n) is 8.80. The molecule has 2 aromatic heterocycles. The van der Waals surface area contributed by atoms with Crippen LogP contribution in [0.1, 0.15) is 0 Å². The molecule has 2 nitrogen and oxygen atoms in total. The van der Waals surface area contributed by atoms with E-state index in [9.17, 15) is 0 Å². The molecule has 0 spiro atoms. The first-order chi connectivity index (χ1) is 21.2. The summed E-state index contributed by atoms with van der Waals surface area (Å²) in [6.45, 7) is 0. The molecule has 0 radical (unpaired) electrons. The topological polar surface area (TPSA) is 17.3 Å². The molecule has 0 unspecified atom stereocenters. The van der Waals surface area contributed by atoms with Crippen molar-refractivity contribution in [2.45, 2.75) is 0 Å². The summed E-state index contributed by atoms with van der Waals surface area (Å²) in [4.78, 5) is 5.19. The first-order valence-corrected chi connectivity index (χ1v) is 17.3. The van der Waals surface area contributed by atoms with Gasteiger partial charge in [0, 0.05) is 16.8 Å². The van der Waals surface area contributed by atoms with E-state index in [-0.39, 0.29) is 0 Å². The van der Waals surface area contributed by atoms with Gasteiger partial charge in [0.1, 0.15) is 5.65 Å². The van der Waals surface area contributed by atoms with Crippen molar-refractivity contribution in [3.63, 3.8) is 0 Å². The van der Waals surface area contributed by atoms with Gasteiger partial charge in [-0.2, -0.15) is 0 Å². The summed E-state index contributed by atoms with van der Waals surface area (Å²) in [7, 11) is 0. The Hall–Kier alpha value is -4.82. The summed E-state index contributed by atoms with van der Waals surface area (Å²) in [6.07, 6.45) is 0. The molecule has 0 aliphatic heterocycles. The van der Waals surface area contributed by atoms with Gasteiger partial charge >= 0.3 is 0 Å². The fourth-order valence-corrected chi connectivity index (χ4v) is 10.4. The molecule has 2 heterocycles. The van der Waals surface area contributed by atoms with Gasteiger partial charge in [0.05, 0.1) is 16.6 Å². The van der Waals surface area contributed by atoms with Gasteiger partial charge in [-0.05, 0) is 73.2 Å². The number of nitrogens with zero attached hydrogens (tertiary/aromatic N) is 2. The van der Waals surface area contributed by atoms with Crippen LogP contribution in [0.5, 0.6) is 0 Å². The maximum atomic E-state index is 6.94. The minimum atomic E-state index is -2.46. The number of hydrogen-bond acceptors (Lipinski definition) is 2. The molecule has 0 fully saturated rings. The molecular formula is C39H25N2PS. The molecule has 202 valence electrons. The van der Waals surface area contributed by atoms with Crippen molar-refractivity contribution < 1.29 is 0 Å². The van der Waals surface area contributed by atoms with Gasteiger partial charge in [0.2, 0.25) is 0 Å². The number of fused-ring (bicyclic) bond motifs is 10. The monoisotopic (exact) mass is 584 g/mol. The Bertz CT molecular complexity index is 2530. The van der Waals surface area contributed by atoms with Gasteiger partial charge < -0.3 is 0 Å². The zero-order chi connectivity index (χ0) is 28.5. The molecule has 9 aromatic rings. The smallest absolute Gasteiger partial charge is 0.146 e. The molecule has 0 aliphatic carbocycles. The summed E-state index contributed by atoms with van der Waals surface area (Å²) in [6, 6.07) is 52.1. The van der Waals surface area contributed by atoms with Crippen LogP contribution in [0.15, 0.2) is 152 Å². The SMILES string of the molecule is S=P(c1ccc2ccccc2c1)(c1ccc2ccccc2c1)c1ccc2nc3c4ccccc4c4ccccc4n3c2c1. The van der Waals surface area contributed by atoms with E-state index >= 15 is 0 Å². The Morgan fingerprint density at radius 1 is 0.442 bits per heavy atom. The van der Waals surface area contributed by atoms with E-state index in [4.69, 9.17) is 16.8 Å². The lowest BCUT2D eigenvalue weighted by molar-refractivity contribution is 1.32. The van der Waals surface area contributed by atoms with Gasteiger partial charge in [-0.15, -0.1) is 0 Å². The van der Waals surface area contributed by atoms with Crippen LogP contribution < -0.4 is 15.9 Å². The van der Waals surface area contributed by atoms with E-state index in [0.717, 1.165) is 27.6 Å². The van der Waals surface area contributed by atoms with Crippen molar-refractivity contribution in [3.05, 3.63) is 152 Å². The van der Waals surface area contributed by atoms with E-state index in [0.29, 0.717) is 0 Å². The van der Waals surface area contributed by atoms with Crippen LogP contribution in [0.2, 0.25) is 0 Å². The lowest BCUT2D eigenvalue weighted by atomic mass is 10.1. The summed E-state index contributed by atoms with van der Waals surface area (Å²) in [5.74, 6) is 0. The zero-order valence-electron chi connectivity index (χ0n) is 23.2. The predicted octanol–water partition coefficient (Wildman–Crippen LogP) is 8.86. The second-order valence-corrected chi connectivity index (χ2v) is 15.6.